The molecule has 0 aliphatic carbocycles. The molecular weight excluding hydrogens is 368 g/mol. The third kappa shape index (κ3) is 4.84. The summed E-state index contributed by atoms with van der Waals surface area (Å²) in [5.41, 5.74) is 1.38. The summed E-state index contributed by atoms with van der Waals surface area (Å²) in [6.45, 7) is 1.10. The predicted octanol–water partition coefficient (Wildman–Crippen LogP) is 3.59. The highest BCUT2D eigenvalue weighted by Crippen LogP contribution is 2.24. The maximum Gasteiger partial charge on any atom is 0.277 e. The van der Waals surface area contributed by atoms with E-state index in [2.05, 4.69) is 15.6 Å². The monoisotopic (exact) mass is 386 g/mol. The van der Waals surface area contributed by atoms with Gasteiger partial charge in [0.1, 0.15) is 5.75 Å². The van der Waals surface area contributed by atoms with E-state index >= 15 is 0 Å². The molecule has 2 aromatic carbocycles. The van der Waals surface area contributed by atoms with Gasteiger partial charge in [-0.3, -0.25) is 4.79 Å². The second-order valence-electron chi connectivity index (χ2n) is 5.64. The Kier molecular flexibility index (Phi) is 6.40. The molecule has 0 fully saturated rings. The largest absolute Gasteiger partial charge is 0.491 e. The molecule has 140 valence electrons. The van der Waals surface area contributed by atoms with Crippen LogP contribution in [0.2, 0.25) is 5.02 Å². The van der Waals surface area contributed by atoms with Crippen molar-refractivity contribution in [1.29, 1.82) is 0 Å². The third-order valence-corrected chi connectivity index (χ3v) is 4.03. The fourth-order valence-electron chi connectivity index (χ4n) is 2.39. The maximum atomic E-state index is 12.5. The topological polar surface area (TPSA) is 78.3 Å². The molecule has 27 heavy (non-hydrogen) atoms. The standard InChI is InChI=1S/C19H19ClN4O3/c1-26-11-6-12-27-18-10-5-3-8-15(18)21-19(25)16-13-24(23-22-16)17-9-4-2-7-14(17)20/h2-5,7-10,13H,6,11-12H2,1H3,(H,21,25). The Morgan fingerprint density at radius 2 is 1.93 bits per heavy atom. The van der Waals surface area contributed by atoms with Crippen LogP contribution in [0.4, 0.5) is 5.69 Å². The first-order chi connectivity index (χ1) is 13.2. The molecule has 0 bridgehead atoms. The molecule has 0 saturated carbocycles. The van der Waals surface area contributed by atoms with Crippen LogP contribution in [0.5, 0.6) is 5.75 Å². The minimum absolute atomic E-state index is 0.170. The van der Waals surface area contributed by atoms with Crippen molar-refractivity contribution in [3.05, 3.63) is 65.4 Å². The number of ether oxygens (including phenoxy) is 2. The number of amides is 1. The SMILES string of the molecule is COCCCOc1ccccc1NC(=O)c1cn(-c2ccccc2Cl)nn1. The van der Waals surface area contributed by atoms with Crippen LogP contribution in [-0.2, 0) is 4.74 Å². The van der Waals surface area contributed by atoms with E-state index in [1.54, 1.807) is 31.4 Å². The van der Waals surface area contributed by atoms with Crippen LogP contribution in [-0.4, -0.2) is 41.2 Å². The molecular formula is C19H19ClN4O3. The molecule has 0 aliphatic heterocycles. The van der Waals surface area contributed by atoms with E-state index in [1.807, 2.05) is 24.3 Å². The lowest BCUT2D eigenvalue weighted by molar-refractivity contribution is 0.102. The van der Waals surface area contributed by atoms with Crippen molar-refractivity contribution in [3.63, 3.8) is 0 Å². The average Bonchev–Trinajstić information content (AvgIpc) is 3.17. The Morgan fingerprint density at radius 1 is 1.15 bits per heavy atom. The Bertz CT molecular complexity index is 913. The molecule has 0 aliphatic rings. The number of nitrogens with zero attached hydrogens (tertiary/aromatic N) is 3. The van der Waals surface area contributed by atoms with Gasteiger partial charge >= 0.3 is 0 Å². The van der Waals surface area contributed by atoms with Gasteiger partial charge in [-0.1, -0.05) is 41.1 Å². The van der Waals surface area contributed by atoms with E-state index in [0.29, 0.717) is 35.4 Å². The van der Waals surface area contributed by atoms with Crippen LogP contribution in [0.3, 0.4) is 0 Å². The zero-order valence-corrected chi connectivity index (χ0v) is 15.5. The molecule has 0 radical (unpaired) electrons. The van der Waals surface area contributed by atoms with E-state index in [-0.39, 0.29) is 11.6 Å². The number of nitrogens with one attached hydrogen (secondary N) is 1. The zero-order valence-electron chi connectivity index (χ0n) is 14.8. The molecule has 7 nitrogen and oxygen atoms in total. The number of carbonyl (C=O) groups is 1. The number of benzene rings is 2. The minimum atomic E-state index is -0.388. The molecule has 0 spiro atoms. The van der Waals surface area contributed by atoms with Crippen LogP contribution < -0.4 is 10.1 Å². The molecule has 0 unspecified atom stereocenters. The number of para-hydroxylation sites is 3. The van der Waals surface area contributed by atoms with Crippen molar-refractivity contribution >= 4 is 23.2 Å². The van der Waals surface area contributed by atoms with Gasteiger partial charge in [0.05, 0.1) is 29.2 Å². The van der Waals surface area contributed by atoms with Gasteiger partial charge in [0.2, 0.25) is 0 Å². The molecule has 0 atom stereocenters. The smallest absolute Gasteiger partial charge is 0.277 e. The quantitative estimate of drug-likeness (QED) is 0.598. The molecule has 0 saturated heterocycles. The summed E-state index contributed by atoms with van der Waals surface area (Å²) in [5.74, 6) is 0.196. The Balaban J connectivity index is 1.70. The van der Waals surface area contributed by atoms with Crippen molar-refractivity contribution < 1.29 is 14.3 Å². The highest BCUT2D eigenvalue weighted by atomic mass is 35.5. The molecule has 1 heterocycles. The van der Waals surface area contributed by atoms with Gasteiger partial charge in [-0.05, 0) is 24.3 Å². The van der Waals surface area contributed by atoms with Crippen molar-refractivity contribution in [2.45, 2.75) is 6.42 Å². The average molecular weight is 387 g/mol. The second-order valence-corrected chi connectivity index (χ2v) is 6.05. The normalized spacial score (nSPS) is 10.6. The molecule has 1 amide bonds. The summed E-state index contributed by atoms with van der Waals surface area (Å²) in [7, 11) is 1.64. The Labute approximate surface area is 161 Å². The van der Waals surface area contributed by atoms with E-state index in [9.17, 15) is 4.79 Å². The van der Waals surface area contributed by atoms with E-state index in [4.69, 9.17) is 21.1 Å². The third-order valence-electron chi connectivity index (χ3n) is 3.71. The lowest BCUT2D eigenvalue weighted by atomic mass is 10.2. The van der Waals surface area contributed by atoms with Crippen LogP contribution in [0, 0.1) is 0 Å². The summed E-state index contributed by atoms with van der Waals surface area (Å²) in [6.07, 6.45) is 2.28. The highest BCUT2D eigenvalue weighted by Gasteiger charge is 2.15. The number of hydrogen-bond donors (Lipinski definition) is 1. The van der Waals surface area contributed by atoms with Crippen LogP contribution in [0.15, 0.2) is 54.7 Å². The number of anilines is 1. The van der Waals surface area contributed by atoms with Crippen molar-refractivity contribution in [2.75, 3.05) is 25.6 Å². The molecule has 8 heteroatoms. The van der Waals surface area contributed by atoms with Crippen LogP contribution in [0.1, 0.15) is 16.9 Å². The zero-order chi connectivity index (χ0) is 19.1. The summed E-state index contributed by atoms with van der Waals surface area (Å²) in [5, 5.41) is 11.2. The van der Waals surface area contributed by atoms with Crippen molar-refractivity contribution in [1.82, 2.24) is 15.0 Å². The van der Waals surface area contributed by atoms with Crippen LogP contribution in [0.25, 0.3) is 5.69 Å². The number of carbonyl (C=O) groups excluding carboxylic acids is 1. The first-order valence-corrected chi connectivity index (χ1v) is 8.76. The lowest BCUT2D eigenvalue weighted by Gasteiger charge is -2.11. The second kappa shape index (κ2) is 9.16. The van der Waals surface area contributed by atoms with Gasteiger partial charge in [0.25, 0.3) is 5.91 Å². The summed E-state index contributed by atoms with van der Waals surface area (Å²) in [4.78, 5) is 12.5. The number of rotatable bonds is 8. The van der Waals surface area contributed by atoms with Gasteiger partial charge in [-0.25, -0.2) is 4.68 Å². The Morgan fingerprint density at radius 3 is 2.74 bits per heavy atom. The fraction of sp³-hybridized carbons (Fsp3) is 0.211. The summed E-state index contributed by atoms with van der Waals surface area (Å²) < 4.78 is 12.2. The fourth-order valence-corrected chi connectivity index (χ4v) is 2.61. The molecule has 1 N–H and O–H groups in total. The number of methoxy groups -OCH3 is 1. The maximum absolute atomic E-state index is 12.5. The number of hydrogen-bond acceptors (Lipinski definition) is 5. The van der Waals surface area contributed by atoms with E-state index in [0.717, 1.165) is 6.42 Å². The van der Waals surface area contributed by atoms with Crippen LogP contribution >= 0.6 is 11.6 Å². The van der Waals surface area contributed by atoms with Gasteiger partial charge < -0.3 is 14.8 Å². The first-order valence-electron chi connectivity index (χ1n) is 8.38. The van der Waals surface area contributed by atoms with Gasteiger partial charge in [-0.15, -0.1) is 5.10 Å². The minimum Gasteiger partial charge on any atom is -0.491 e. The number of aromatic nitrogens is 3. The molecule has 1 aromatic heterocycles. The first kappa shape index (κ1) is 18.9. The van der Waals surface area contributed by atoms with E-state index in [1.165, 1.54) is 10.9 Å². The van der Waals surface area contributed by atoms with Gasteiger partial charge in [0.15, 0.2) is 5.69 Å². The van der Waals surface area contributed by atoms with Crippen molar-refractivity contribution in [2.24, 2.45) is 0 Å². The predicted molar refractivity (Wildman–Crippen MR) is 103 cm³/mol. The van der Waals surface area contributed by atoms with E-state index < -0.39 is 0 Å². The van der Waals surface area contributed by atoms with Gasteiger partial charge in [0, 0.05) is 20.1 Å². The summed E-state index contributed by atoms with van der Waals surface area (Å²) in [6, 6.07) is 14.4. The lowest BCUT2D eigenvalue weighted by Crippen LogP contribution is -2.14. The molecule has 3 aromatic rings. The van der Waals surface area contributed by atoms with Gasteiger partial charge in [-0.2, -0.15) is 0 Å². The summed E-state index contributed by atoms with van der Waals surface area (Å²) >= 11 is 6.15. The van der Waals surface area contributed by atoms with Crippen molar-refractivity contribution in [3.8, 4) is 11.4 Å². The highest BCUT2D eigenvalue weighted by molar-refractivity contribution is 6.32. The number of halogens is 1. The Hall–Kier alpha value is -2.90. The molecule has 3 rings (SSSR count).